The first kappa shape index (κ1) is 48.8. The molecular formula is C47H83NO3. The van der Waals surface area contributed by atoms with Gasteiger partial charge in [0.1, 0.15) is 0 Å². The first-order chi connectivity index (χ1) is 25.2. The summed E-state index contributed by atoms with van der Waals surface area (Å²) in [5.74, 6) is -0.0741. The van der Waals surface area contributed by atoms with Crippen LogP contribution in [0.2, 0.25) is 0 Å². The van der Waals surface area contributed by atoms with E-state index in [-0.39, 0.29) is 12.5 Å². The lowest BCUT2D eigenvalue weighted by atomic mass is 10.0. The van der Waals surface area contributed by atoms with Crippen molar-refractivity contribution in [3.8, 4) is 0 Å². The minimum absolute atomic E-state index is 0.0741. The third-order valence-corrected chi connectivity index (χ3v) is 9.45. The molecule has 0 fully saturated rings. The molecule has 0 aromatic heterocycles. The smallest absolute Gasteiger partial charge is 0.220 e. The molecule has 4 nitrogen and oxygen atoms in total. The van der Waals surface area contributed by atoms with Gasteiger partial charge in [0.2, 0.25) is 5.91 Å². The van der Waals surface area contributed by atoms with Crippen molar-refractivity contribution in [3.05, 3.63) is 72.9 Å². The molecule has 1 amide bonds. The van der Waals surface area contributed by atoms with Crippen molar-refractivity contribution in [1.29, 1.82) is 0 Å². The number of hydrogen-bond donors (Lipinski definition) is 3. The third-order valence-electron chi connectivity index (χ3n) is 9.45. The largest absolute Gasteiger partial charge is 0.394 e. The van der Waals surface area contributed by atoms with Crippen LogP contribution in [0.4, 0.5) is 0 Å². The van der Waals surface area contributed by atoms with Crippen LogP contribution in [-0.4, -0.2) is 34.9 Å². The van der Waals surface area contributed by atoms with Crippen LogP contribution < -0.4 is 5.32 Å². The molecule has 0 aromatic rings. The van der Waals surface area contributed by atoms with Gasteiger partial charge in [-0.3, -0.25) is 4.79 Å². The van der Waals surface area contributed by atoms with Crippen LogP contribution in [0.15, 0.2) is 72.9 Å². The molecule has 0 saturated heterocycles. The van der Waals surface area contributed by atoms with Crippen LogP contribution in [0.1, 0.15) is 200 Å². The van der Waals surface area contributed by atoms with E-state index in [1.807, 2.05) is 6.08 Å². The van der Waals surface area contributed by atoms with Gasteiger partial charge in [-0.2, -0.15) is 0 Å². The fourth-order valence-electron chi connectivity index (χ4n) is 6.14. The van der Waals surface area contributed by atoms with Crippen LogP contribution in [0.3, 0.4) is 0 Å². The molecule has 294 valence electrons. The van der Waals surface area contributed by atoms with Gasteiger partial charge in [-0.25, -0.2) is 0 Å². The average molecular weight is 710 g/mol. The third kappa shape index (κ3) is 38.9. The molecule has 0 saturated carbocycles. The minimum Gasteiger partial charge on any atom is -0.394 e. The first-order valence-corrected chi connectivity index (χ1v) is 21.7. The monoisotopic (exact) mass is 710 g/mol. The van der Waals surface area contributed by atoms with Gasteiger partial charge in [0.25, 0.3) is 0 Å². The highest BCUT2D eigenvalue weighted by Crippen LogP contribution is 2.14. The minimum atomic E-state index is -0.844. The molecule has 2 unspecified atom stereocenters. The maximum Gasteiger partial charge on any atom is 0.220 e. The van der Waals surface area contributed by atoms with E-state index in [9.17, 15) is 15.0 Å². The van der Waals surface area contributed by atoms with E-state index in [0.717, 1.165) is 57.8 Å². The van der Waals surface area contributed by atoms with Crippen molar-refractivity contribution >= 4 is 5.91 Å². The summed E-state index contributed by atoms with van der Waals surface area (Å²) >= 11 is 0. The summed E-state index contributed by atoms with van der Waals surface area (Å²) in [7, 11) is 0. The van der Waals surface area contributed by atoms with Gasteiger partial charge in [0, 0.05) is 6.42 Å². The number of aliphatic hydroxyl groups is 2. The Hall–Kier alpha value is -2.17. The highest BCUT2D eigenvalue weighted by molar-refractivity contribution is 5.76. The molecule has 51 heavy (non-hydrogen) atoms. The molecule has 0 aromatic carbocycles. The number of amides is 1. The zero-order valence-electron chi connectivity index (χ0n) is 33.6. The topological polar surface area (TPSA) is 69.6 Å². The number of nitrogens with one attached hydrogen (secondary N) is 1. The summed E-state index contributed by atoms with van der Waals surface area (Å²) in [6.45, 7) is 4.18. The van der Waals surface area contributed by atoms with Gasteiger partial charge in [-0.1, -0.05) is 202 Å². The fraction of sp³-hybridized carbons (Fsp3) is 0.723. The summed E-state index contributed by atoms with van der Waals surface area (Å²) in [5.41, 5.74) is 0. The maximum absolute atomic E-state index is 12.4. The highest BCUT2D eigenvalue weighted by atomic mass is 16.3. The first-order valence-electron chi connectivity index (χ1n) is 21.7. The summed E-state index contributed by atoms with van der Waals surface area (Å²) in [4.78, 5) is 12.4. The van der Waals surface area contributed by atoms with Gasteiger partial charge >= 0.3 is 0 Å². The lowest BCUT2D eigenvalue weighted by molar-refractivity contribution is -0.123. The fourth-order valence-corrected chi connectivity index (χ4v) is 6.14. The van der Waals surface area contributed by atoms with Crippen molar-refractivity contribution < 1.29 is 15.0 Å². The molecule has 2 atom stereocenters. The van der Waals surface area contributed by atoms with Crippen LogP contribution in [-0.2, 0) is 4.79 Å². The van der Waals surface area contributed by atoms with E-state index in [4.69, 9.17) is 0 Å². The zero-order valence-corrected chi connectivity index (χ0v) is 33.6. The molecule has 0 aliphatic rings. The lowest BCUT2D eigenvalue weighted by Crippen LogP contribution is -2.45. The molecule has 3 N–H and O–H groups in total. The van der Waals surface area contributed by atoms with E-state index >= 15 is 0 Å². The van der Waals surface area contributed by atoms with Crippen molar-refractivity contribution in [3.63, 3.8) is 0 Å². The normalized spacial score (nSPS) is 13.7. The Morgan fingerprint density at radius 3 is 1.29 bits per heavy atom. The summed E-state index contributed by atoms with van der Waals surface area (Å²) in [6, 6.07) is -0.628. The van der Waals surface area contributed by atoms with Gasteiger partial charge in [0.05, 0.1) is 18.8 Å². The Bertz CT molecular complexity index is 899. The maximum atomic E-state index is 12.4. The van der Waals surface area contributed by atoms with Crippen LogP contribution in [0.5, 0.6) is 0 Å². The Balaban J connectivity index is 3.61. The highest BCUT2D eigenvalue weighted by Gasteiger charge is 2.17. The van der Waals surface area contributed by atoms with Gasteiger partial charge in [-0.15, -0.1) is 0 Å². The summed E-state index contributed by atoms with van der Waals surface area (Å²) < 4.78 is 0. The number of hydrogen-bond acceptors (Lipinski definition) is 3. The van der Waals surface area contributed by atoms with Crippen molar-refractivity contribution in [1.82, 2.24) is 5.32 Å². The number of allylic oxidation sites excluding steroid dienone is 11. The van der Waals surface area contributed by atoms with E-state index in [1.54, 1.807) is 6.08 Å². The molecule has 0 spiro atoms. The Labute approximate surface area is 317 Å². The lowest BCUT2D eigenvalue weighted by Gasteiger charge is -2.20. The van der Waals surface area contributed by atoms with E-state index in [0.29, 0.717) is 6.42 Å². The summed E-state index contributed by atoms with van der Waals surface area (Å²) in [5, 5.41) is 23.0. The molecule has 4 heteroatoms. The number of carbonyl (C=O) groups excluding carboxylic acids is 1. The average Bonchev–Trinajstić information content (AvgIpc) is 3.13. The van der Waals surface area contributed by atoms with Crippen LogP contribution in [0, 0.1) is 0 Å². The Kier molecular flexibility index (Phi) is 40.4. The molecule has 0 radical (unpaired) electrons. The van der Waals surface area contributed by atoms with Gasteiger partial charge in [0.15, 0.2) is 0 Å². The second kappa shape index (κ2) is 42.2. The molecule has 0 rings (SSSR count). The van der Waals surface area contributed by atoms with E-state index in [2.05, 4.69) is 79.9 Å². The zero-order chi connectivity index (χ0) is 37.1. The van der Waals surface area contributed by atoms with Crippen molar-refractivity contribution in [2.75, 3.05) is 6.61 Å². The van der Waals surface area contributed by atoms with Crippen LogP contribution >= 0.6 is 0 Å². The molecule has 0 aliphatic heterocycles. The number of aliphatic hydroxyl groups excluding tert-OH is 2. The Morgan fingerprint density at radius 1 is 0.490 bits per heavy atom. The second-order valence-electron chi connectivity index (χ2n) is 14.4. The number of carbonyl (C=O) groups is 1. The number of rotatable bonds is 38. The quantitative estimate of drug-likeness (QED) is 0.0441. The van der Waals surface area contributed by atoms with Crippen molar-refractivity contribution in [2.45, 2.75) is 212 Å². The van der Waals surface area contributed by atoms with Gasteiger partial charge < -0.3 is 15.5 Å². The van der Waals surface area contributed by atoms with Gasteiger partial charge in [-0.05, 0) is 64.2 Å². The molecule has 0 heterocycles. The van der Waals surface area contributed by atoms with Crippen LogP contribution in [0.25, 0.3) is 0 Å². The predicted octanol–water partition coefficient (Wildman–Crippen LogP) is 13.5. The molecule has 0 aliphatic carbocycles. The van der Waals surface area contributed by atoms with Crippen molar-refractivity contribution in [2.24, 2.45) is 0 Å². The van der Waals surface area contributed by atoms with E-state index < -0.39 is 12.1 Å². The number of unbranched alkanes of at least 4 members (excludes halogenated alkanes) is 21. The Morgan fingerprint density at radius 2 is 0.863 bits per heavy atom. The summed E-state index contributed by atoms with van der Waals surface area (Å²) in [6.07, 6.45) is 60.0. The SMILES string of the molecule is CC/C=C\C/C=C\C/C=C\C/C=C\C/C=C\CCCCCCCCCCCC(=O)NC(CO)C(O)/C=C/CCCCCCCCCCCCCC. The molecule has 0 bridgehead atoms. The predicted molar refractivity (Wildman–Crippen MR) is 225 cm³/mol. The standard InChI is InChI=1S/C47H83NO3/c1-3-5-7-9-11-13-15-17-19-20-21-22-23-24-25-26-27-28-29-31-33-35-37-39-41-43-47(51)48-45(44-49)46(50)42-40-38-36-34-32-30-18-16-14-12-10-8-6-4-2/h5,7,11,13,17,19,21-22,24-25,40,42,45-46,49-50H,3-4,6,8-10,12,14-16,18,20,23,26-39,41,43-44H2,1-2H3,(H,48,51)/b7-5-,13-11-,19-17-,22-21-,25-24-,42-40+. The second-order valence-corrected chi connectivity index (χ2v) is 14.4. The molecular weight excluding hydrogens is 627 g/mol. The van der Waals surface area contributed by atoms with E-state index in [1.165, 1.54) is 122 Å².